The van der Waals surface area contributed by atoms with E-state index in [9.17, 15) is 14.0 Å². The van der Waals surface area contributed by atoms with Crippen molar-refractivity contribution in [3.05, 3.63) is 35.6 Å². The van der Waals surface area contributed by atoms with Crippen LogP contribution in [0.3, 0.4) is 0 Å². The van der Waals surface area contributed by atoms with Crippen LogP contribution < -0.4 is 0 Å². The number of nitrogens with zero attached hydrogens (tertiary/aromatic N) is 1. The molecule has 26 heavy (non-hydrogen) atoms. The highest BCUT2D eigenvalue weighted by molar-refractivity contribution is 6.31. The number of piperidine rings is 1. The average Bonchev–Trinajstić information content (AvgIpc) is 2.90. The summed E-state index contributed by atoms with van der Waals surface area (Å²) >= 11 is 0. The number of ether oxygens (including phenoxy) is 3. The van der Waals surface area contributed by atoms with Crippen LogP contribution in [0.25, 0.3) is 0 Å². The van der Waals surface area contributed by atoms with Gasteiger partial charge in [0.15, 0.2) is 0 Å². The van der Waals surface area contributed by atoms with Gasteiger partial charge in [0.1, 0.15) is 5.82 Å². The fourth-order valence-corrected chi connectivity index (χ4v) is 3.37. The lowest BCUT2D eigenvalue weighted by Gasteiger charge is -2.43. The molecule has 0 amide bonds. The molecule has 1 unspecified atom stereocenters. The fourth-order valence-electron chi connectivity index (χ4n) is 3.37. The predicted molar refractivity (Wildman–Crippen MR) is 90.2 cm³/mol. The Labute approximate surface area is 152 Å². The average molecular weight is 365 g/mol. The van der Waals surface area contributed by atoms with Gasteiger partial charge in [0, 0.05) is 13.1 Å². The van der Waals surface area contributed by atoms with E-state index in [-0.39, 0.29) is 18.3 Å². The van der Waals surface area contributed by atoms with Gasteiger partial charge in [-0.2, -0.15) is 0 Å². The third kappa shape index (κ3) is 4.22. The summed E-state index contributed by atoms with van der Waals surface area (Å²) < 4.78 is 29.5. The van der Waals surface area contributed by atoms with E-state index in [2.05, 4.69) is 6.92 Å². The van der Waals surface area contributed by atoms with E-state index >= 15 is 0 Å². The second kappa shape index (κ2) is 8.14. The highest BCUT2D eigenvalue weighted by Gasteiger charge is 2.56. The zero-order valence-electron chi connectivity index (χ0n) is 14.9. The molecule has 0 aromatic heterocycles. The molecule has 2 aliphatic rings. The van der Waals surface area contributed by atoms with Gasteiger partial charge in [-0.25, -0.2) is 18.9 Å². The summed E-state index contributed by atoms with van der Waals surface area (Å²) in [5, 5.41) is 0. The van der Waals surface area contributed by atoms with Crippen molar-refractivity contribution in [2.24, 2.45) is 0 Å². The van der Waals surface area contributed by atoms with Crippen LogP contribution in [0.5, 0.6) is 0 Å². The van der Waals surface area contributed by atoms with Gasteiger partial charge in [0.25, 0.3) is 0 Å². The number of rotatable bonds is 7. The third-order valence-corrected chi connectivity index (χ3v) is 4.79. The van der Waals surface area contributed by atoms with Crippen LogP contribution in [0.4, 0.5) is 4.39 Å². The first-order valence-corrected chi connectivity index (χ1v) is 9.10. The largest absolute Gasteiger partial charge is 0.421 e. The molecule has 0 bridgehead atoms. The summed E-state index contributed by atoms with van der Waals surface area (Å²) in [6, 6.07) is 6.11. The Morgan fingerprint density at radius 3 is 2.54 bits per heavy atom. The quantitative estimate of drug-likeness (QED) is 0.421. The Balaban J connectivity index is 1.63. The normalized spacial score (nSPS) is 22.5. The standard InChI is InChI=1S/C19H24FNO5/c1-2-3-4-10-21-11-9-16(12-19(21)25-17(22)18(23)26-19)24-13-14-5-7-15(20)8-6-14/h5-8,16H,2-4,9-13H2,1H3. The van der Waals surface area contributed by atoms with Crippen LogP contribution in [0, 0.1) is 5.82 Å². The van der Waals surface area contributed by atoms with E-state index in [1.165, 1.54) is 12.1 Å². The van der Waals surface area contributed by atoms with Gasteiger partial charge in [-0.05, 0) is 30.5 Å². The number of benzene rings is 1. The Hall–Kier alpha value is -1.99. The molecule has 1 aromatic rings. The summed E-state index contributed by atoms with van der Waals surface area (Å²) in [6.07, 6.45) is 3.86. The summed E-state index contributed by atoms with van der Waals surface area (Å²) in [5.41, 5.74) is 0.853. The SMILES string of the molecule is CCCCCN1CCC(OCc2ccc(F)cc2)CC12OC(=O)C(=O)O2. The van der Waals surface area contributed by atoms with Crippen molar-refractivity contribution in [2.75, 3.05) is 13.1 Å². The second-order valence-corrected chi connectivity index (χ2v) is 6.74. The Morgan fingerprint density at radius 2 is 1.88 bits per heavy atom. The van der Waals surface area contributed by atoms with Gasteiger partial charge in [0.05, 0.1) is 19.1 Å². The fraction of sp³-hybridized carbons (Fsp3) is 0.579. The van der Waals surface area contributed by atoms with Crippen LogP contribution in [0.2, 0.25) is 0 Å². The Bertz CT molecular complexity index is 632. The Kier molecular flexibility index (Phi) is 5.88. The van der Waals surface area contributed by atoms with Gasteiger partial charge in [0.2, 0.25) is 0 Å². The molecule has 0 saturated carbocycles. The molecule has 1 atom stereocenters. The molecule has 2 fully saturated rings. The van der Waals surface area contributed by atoms with Gasteiger partial charge in [-0.15, -0.1) is 0 Å². The maximum atomic E-state index is 13.0. The van der Waals surface area contributed by atoms with Crippen LogP contribution in [-0.4, -0.2) is 41.9 Å². The van der Waals surface area contributed by atoms with Crippen LogP contribution in [0.15, 0.2) is 24.3 Å². The van der Waals surface area contributed by atoms with Crippen LogP contribution >= 0.6 is 0 Å². The van der Waals surface area contributed by atoms with Gasteiger partial charge < -0.3 is 14.2 Å². The van der Waals surface area contributed by atoms with Crippen molar-refractivity contribution in [1.29, 1.82) is 0 Å². The minimum atomic E-state index is -1.35. The topological polar surface area (TPSA) is 65.1 Å². The van der Waals surface area contributed by atoms with Gasteiger partial charge >= 0.3 is 17.8 Å². The lowest BCUT2D eigenvalue weighted by atomic mass is 10.0. The first-order chi connectivity index (χ1) is 12.5. The molecule has 0 aliphatic carbocycles. The molecule has 2 heterocycles. The molecule has 2 aliphatic heterocycles. The van der Waals surface area contributed by atoms with Crippen molar-refractivity contribution >= 4 is 11.9 Å². The van der Waals surface area contributed by atoms with Crippen molar-refractivity contribution in [2.45, 2.75) is 57.6 Å². The smallest absolute Gasteiger partial charge is 0.400 e. The van der Waals surface area contributed by atoms with E-state index in [1.807, 2.05) is 4.90 Å². The van der Waals surface area contributed by atoms with E-state index in [1.54, 1.807) is 12.1 Å². The lowest BCUT2D eigenvalue weighted by molar-refractivity contribution is -0.280. The number of unbranched alkanes of at least 4 members (excludes halogenated alkanes) is 2. The number of likely N-dealkylation sites (tertiary alicyclic amines) is 1. The van der Waals surface area contributed by atoms with E-state index in [0.717, 1.165) is 31.2 Å². The monoisotopic (exact) mass is 365 g/mol. The minimum absolute atomic E-state index is 0.221. The van der Waals surface area contributed by atoms with Crippen molar-refractivity contribution < 1.29 is 28.2 Å². The van der Waals surface area contributed by atoms with Crippen molar-refractivity contribution in [3.8, 4) is 0 Å². The molecule has 7 heteroatoms. The maximum Gasteiger partial charge on any atom is 0.421 e. The first-order valence-electron chi connectivity index (χ1n) is 9.10. The second-order valence-electron chi connectivity index (χ2n) is 6.74. The summed E-state index contributed by atoms with van der Waals surface area (Å²) in [6.45, 7) is 3.73. The zero-order chi connectivity index (χ0) is 18.6. The van der Waals surface area contributed by atoms with Crippen molar-refractivity contribution in [3.63, 3.8) is 0 Å². The van der Waals surface area contributed by atoms with Crippen LogP contribution in [-0.2, 0) is 30.4 Å². The van der Waals surface area contributed by atoms with Gasteiger partial charge in [-0.1, -0.05) is 31.9 Å². The van der Waals surface area contributed by atoms with E-state index in [0.29, 0.717) is 19.7 Å². The summed E-state index contributed by atoms with van der Waals surface area (Å²) in [7, 11) is 0. The molecule has 1 spiro atoms. The number of carbonyl (C=O) groups excluding carboxylic acids is 2. The predicted octanol–water partition coefficient (Wildman–Crippen LogP) is 2.75. The highest BCUT2D eigenvalue weighted by atomic mass is 19.1. The zero-order valence-corrected chi connectivity index (χ0v) is 14.9. The number of halogens is 1. The maximum absolute atomic E-state index is 13.0. The summed E-state index contributed by atoms with van der Waals surface area (Å²) in [5.74, 6) is -3.56. The minimum Gasteiger partial charge on any atom is -0.400 e. The highest BCUT2D eigenvalue weighted by Crippen LogP contribution is 2.36. The van der Waals surface area contributed by atoms with E-state index < -0.39 is 17.8 Å². The van der Waals surface area contributed by atoms with E-state index in [4.69, 9.17) is 14.2 Å². The molecular formula is C19H24FNO5. The molecule has 0 radical (unpaired) electrons. The van der Waals surface area contributed by atoms with Crippen LogP contribution in [0.1, 0.15) is 44.6 Å². The molecule has 2 saturated heterocycles. The molecule has 0 N–H and O–H groups in total. The summed E-state index contributed by atoms with van der Waals surface area (Å²) in [4.78, 5) is 25.2. The lowest BCUT2D eigenvalue weighted by Crippen LogP contribution is -2.57. The molecular weight excluding hydrogens is 341 g/mol. The number of hydrogen-bond donors (Lipinski definition) is 0. The first kappa shape index (κ1) is 18.8. The molecule has 6 nitrogen and oxygen atoms in total. The third-order valence-electron chi connectivity index (χ3n) is 4.79. The molecule has 3 rings (SSSR count). The van der Waals surface area contributed by atoms with Gasteiger partial charge in [-0.3, -0.25) is 0 Å². The molecule has 1 aromatic carbocycles. The Morgan fingerprint density at radius 1 is 1.19 bits per heavy atom. The number of esters is 2. The molecule has 142 valence electrons. The number of carbonyl (C=O) groups is 2. The number of hydrogen-bond acceptors (Lipinski definition) is 6. The van der Waals surface area contributed by atoms with Crippen molar-refractivity contribution in [1.82, 2.24) is 4.90 Å².